The van der Waals surface area contributed by atoms with Crippen LogP contribution < -0.4 is 16.8 Å². The fourth-order valence-electron chi connectivity index (χ4n) is 8.27. The third-order valence-electron chi connectivity index (χ3n) is 9.76. The largest absolute Gasteiger partial charge is 0.396 e. The molecule has 5 nitrogen and oxygen atoms in total. The number of fused-ring (bicyclic) bond motifs is 3. The molecule has 5 aliphatic rings. The Bertz CT molecular complexity index is 944. The average molecular weight is 480 g/mol. The van der Waals surface area contributed by atoms with Crippen molar-refractivity contribution >= 4 is 0 Å². The molecule has 5 heteroatoms. The molecule has 2 bridgehead atoms. The zero-order chi connectivity index (χ0) is 24.7. The van der Waals surface area contributed by atoms with Crippen molar-refractivity contribution in [1.82, 2.24) is 5.32 Å². The lowest BCUT2D eigenvalue weighted by Gasteiger charge is -2.65. The van der Waals surface area contributed by atoms with E-state index in [9.17, 15) is 5.11 Å². The van der Waals surface area contributed by atoms with Gasteiger partial charge < -0.3 is 26.6 Å². The van der Waals surface area contributed by atoms with Crippen molar-refractivity contribution in [2.45, 2.75) is 94.5 Å². The van der Waals surface area contributed by atoms with Crippen LogP contribution in [0.25, 0.3) is 0 Å². The molecule has 1 aromatic rings. The maximum absolute atomic E-state index is 9.85. The van der Waals surface area contributed by atoms with E-state index >= 15 is 0 Å². The first-order chi connectivity index (χ1) is 16.7. The molecule has 0 spiro atoms. The molecule has 1 aromatic carbocycles. The van der Waals surface area contributed by atoms with Gasteiger partial charge in [0.15, 0.2) is 0 Å². The maximum atomic E-state index is 9.85. The number of benzene rings is 1. The Morgan fingerprint density at radius 2 is 1.89 bits per heavy atom. The van der Waals surface area contributed by atoms with Crippen LogP contribution in [0, 0.1) is 23.7 Å². The summed E-state index contributed by atoms with van der Waals surface area (Å²) < 4.78 is 7.03. The first-order valence-corrected chi connectivity index (χ1v) is 13.8. The summed E-state index contributed by atoms with van der Waals surface area (Å²) in [6.45, 7) is 4.62. The summed E-state index contributed by atoms with van der Waals surface area (Å²) in [6.07, 6.45) is 15.8. The van der Waals surface area contributed by atoms with Crippen molar-refractivity contribution in [3.8, 4) is 0 Å². The van der Waals surface area contributed by atoms with Gasteiger partial charge in [0, 0.05) is 24.3 Å². The fourth-order valence-corrected chi connectivity index (χ4v) is 8.27. The van der Waals surface area contributed by atoms with E-state index in [0.29, 0.717) is 30.1 Å². The second-order valence-electron chi connectivity index (χ2n) is 12.4. The molecular formula is C30H45N3O2. The molecule has 3 heterocycles. The molecule has 6 rings (SSSR count). The first-order valence-electron chi connectivity index (χ1n) is 13.8. The number of hydrogen-bond donors (Lipinski definition) is 4. The van der Waals surface area contributed by atoms with Gasteiger partial charge in [-0.15, -0.1) is 0 Å². The van der Waals surface area contributed by atoms with Crippen LogP contribution in [0.5, 0.6) is 0 Å². The highest BCUT2D eigenvalue weighted by Crippen LogP contribution is 2.60. The Morgan fingerprint density at radius 3 is 2.57 bits per heavy atom. The number of hydrogen-bond acceptors (Lipinski definition) is 5. The Hall–Kier alpha value is -1.66. The summed E-state index contributed by atoms with van der Waals surface area (Å²) in [5, 5.41) is 13.1. The van der Waals surface area contributed by atoms with Crippen LogP contribution in [0.1, 0.15) is 70.8 Å². The number of nitrogens with one attached hydrogen (secondary N) is 1. The molecule has 7 unspecified atom stereocenters. The molecule has 7 atom stereocenters. The van der Waals surface area contributed by atoms with E-state index in [2.05, 4.69) is 67.8 Å². The predicted octanol–water partition coefficient (Wildman–Crippen LogP) is 4.41. The Balaban J connectivity index is 1.39. The van der Waals surface area contributed by atoms with Gasteiger partial charge in [-0.25, -0.2) is 0 Å². The Morgan fingerprint density at radius 1 is 1.09 bits per heavy atom. The van der Waals surface area contributed by atoms with Crippen LogP contribution in [0.15, 0.2) is 54.3 Å². The second kappa shape index (κ2) is 9.66. The van der Waals surface area contributed by atoms with Gasteiger partial charge in [-0.05, 0) is 107 Å². The average Bonchev–Trinajstić information content (AvgIpc) is 2.81. The zero-order valence-electron chi connectivity index (χ0n) is 21.6. The number of aliphatic hydroxyl groups excluding tert-OH is 1. The van der Waals surface area contributed by atoms with Gasteiger partial charge in [-0.2, -0.15) is 0 Å². The van der Waals surface area contributed by atoms with Crippen LogP contribution in [0.2, 0.25) is 0 Å². The molecule has 0 aromatic heterocycles. The molecule has 0 amide bonds. The quantitative estimate of drug-likeness (QED) is 0.465. The molecule has 0 radical (unpaired) electrons. The Kier molecular flexibility index (Phi) is 6.90. The smallest absolute Gasteiger partial charge is 0.0934 e. The van der Waals surface area contributed by atoms with Crippen molar-refractivity contribution in [1.29, 1.82) is 0 Å². The summed E-state index contributed by atoms with van der Waals surface area (Å²) >= 11 is 0. The molecule has 192 valence electrons. The molecule has 2 aliphatic carbocycles. The van der Waals surface area contributed by atoms with Gasteiger partial charge in [0.25, 0.3) is 0 Å². The van der Waals surface area contributed by atoms with Gasteiger partial charge in [0.2, 0.25) is 0 Å². The summed E-state index contributed by atoms with van der Waals surface area (Å²) in [5.74, 6) is 2.06. The van der Waals surface area contributed by atoms with Crippen molar-refractivity contribution in [3.63, 3.8) is 0 Å². The highest BCUT2D eigenvalue weighted by molar-refractivity contribution is 5.25. The van der Waals surface area contributed by atoms with Crippen molar-refractivity contribution < 1.29 is 9.84 Å². The van der Waals surface area contributed by atoms with E-state index in [1.165, 1.54) is 30.4 Å². The number of rotatable bonds is 7. The number of dihydropyridines is 1. The lowest BCUT2D eigenvalue weighted by atomic mass is 9.52. The molecule has 2 saturated carbocycles. The Labute approximate surface area is 211 Å². The molecule has 6 N–H and O–H groups in total. The summed E-state index contributed by atoms with van der Waals surface area (Å²) in [4.78, 5) is 0. The summed E-state index contributed by atoms with van der Waals surface area (Å²) in [6, 6.07) is 11.0. The minimum Gasteiger partial charge on any atom is -0.396 e. The highest BCUT2D eigenvalue weighted by atomic mass is 16.5. The molecular weight excluding hydrogens is 434 g/mol. The van der Waals surface area contributed by atoms with Crippen LogP contribution in [-0.2, 0) is 11.2 Å². The lowest BCUT2D eigenvalue weighted by Crippen LogP contribution is -2.72. The molecule has 3 aliphatic heterocycles. The third kappa shape index (κ3) is 4.98. The van der Waals surface area contributed by atoms with Gasteiger partial charge in [0.1, 0.15) is 0 Å². The third-order valence-corrected chi connectivity index (χ3v) is 9.76. The van der Waals surface area contributed by atoms with Gasteiger partial charge in [0.05, 0.1) is 17.4 Å². The van der Waals surface area contributed by atoms with Crippen LogP contribution >= 0.6 is 0 Å². The summed E-state index contributed by atoms with van der Waals surface area (Å²) in [5.41, 5.74) is 15.1. The van der Waals surface area contributed by atoms with Crippen LogP contribution in [0.4, 0.5) is 0 Å². The van der Waals surface area contributed by atoms with Crippen molar-refractivity contribution in [2.24, 2.45) is 35.1 Å². The van der Waals surface area contributed by atoms with Crippen molar-refractivity contribution in [2.75, 3.05) is 6.61 Å². The SMILES string of the molecule is CC1(C)OC2(C3CCC(Cc4ccccc4)C(CC4=CNC(N)C=C4)C3)CCC1C(N)(CCO)C2. The van der Waals surface area contributed by atoms with E-state index < -0.39 is 0 Å². The zero-order valence-corrected chi connectivity index (χ0v) is 21.6. The van der Waals surface area contributed by atoms with E-state index in [-0.39, 0.29) is 29.5 Å². The molecule has 35 heavy (non-hydrogen) atoms. The van der Waals surface area contributed by atoms with E-state index in [4.69, 9.17) is 16.2 Å². The van der Waals surface area contributed by atoms with Gasteiger partial charge in [-0.1, -0.05) is 36.4 Å². The lowest BCUT2D eigenvalue weighted by molar-refractivity contribution is -0.288. The first kappa shape index (κ1) is 25.0. The number of ether oxygens (including phenoxy) is 1. The molecule has 2 saturated heterocycles. The fraction of sp³-hybridized carbons (Fsp3) is 0.667. The predicted molar refractivity (Wildman–Crippen MR) is 141 cm³/mol. The van der Waals surface area contributed by atoms with E-state index in [1.807, 2.05) is 0 Å². The van der Waals surface area contributed by atoms with Crippen molar-refractivity contribution in [3.05, 3.63) is 59.8 Å². The van der Waals surface area contributed by atoms with Crippen LogP contribution in [-0.4, -0.2) is 34.6 Å². The highest BCUT2D eigenvalue weighted by Gasteiger charge is 2.63. The van der Waals surface area contributed by atoms with Gasteiger partial charge in [-0.3, -0.25) is 0 Å². The minimum absolute atomic E-state index is 0.0888. The van der Waals surface area contributed by atoms with E-state index in [0.717, 1.165) is 32.1 Å². The number of nitrogens with two attached hydrogens (primary N) is 2. The summed E-state index contributed by atoms with van der Waals surface area (Å²) in [7, 11) is 0. The van der Waals surface area contributed by atoms with Crippen LogP contribution in [0.3, 0.4) is 0 Å². The maximum Gasteiger partial charge on any atom is 0.0934 e. The monoisotopic (exact) mass is 479 g/mol. The molecule has 4 fully saturated rings. The normalized spacial score (nSPS) is 40.3. The standard InChI is InChI=1S/C30H45N3O2/c1-28(2)26-12-13-30(35-28,20-29(26,32)14-15-34)25-10-9-23(16-21-6-4-3-5-7-21)24(18-25)17-22-8-11-27(31)33-19-22/h3-8,11,19,23-27,33-34H,9-10,12-18,20,31-32H2,1-2H3. The number of aliphatic hydroxyl groups is 1. The number of allylic oxidation sites excluding steroid dienone is 2. The topological polar surface area (TPSA) is 93.5 Å². The minimum atomic E-state index is -0.334. The van der Waals surface area contributed by atoms with Gasteiger partial charge >= 0.3 is 0 Å². The second-order valence-corrected chi connectivity index (χ2v) is 12.4. The van der Waals surface area contributed by atoms with E-state index in [1.54, 1.807) is 0 Å².